The average Bonchev–Trinajstić information content (AvgIpc) is 2.47. The Morgan fingerprint density at radius 1 is 1.21 bits per heavy atom. The SMILES string of the molecule is CCc1ccc(COC(=O)CN2CCNCC2)cc1. The second-order valence-electron chi connectivity index (χ2n) is 4.86. The van der Waals surface area contributed by atoms with Crippen LogP contribution in [0, 0.1) is 0 Å². The van der Waals surface area contributed by atoms with Crippen LogP contribution in [0.25, 0.3) is 0 Å². The van der Waals surface area contributed by atoms with Gasteiger partial charge in [-0.05, 0) is 17.5 Å². The quantitative estimate of drug-likeness (QED) is 0.810. The fourth-order valence-electron chi connectivity index (χ4n) is 2.13. The number of hydrogen-bond acceptors (Lipinski definition) is 4. The number of benzene rings is 1. The van der Waals surface area contributed by atoms with Gasteiger partial charge in [-0.25, -0.2) is 0 Å². The van der Waals surface area contributed by atoms with Gasteiger partial charge in [0.25, 0.3) is 0 Å². The van der Waals surface area contributed by atoms with Crippen molar-refractivity contribution in [2.75, 3.05) is 32.7 Å². The van der Waals surface area contributed by atoms with Crippen LogP contribution < -0.4 is 5.32 Å². The number of piperazine rings is 1. The predicted molar refractivity (Wildman–Crippen MR) is 74.9 cm³/mol. The van der Waals surface area contributed by atoms with Gasteiger partial charge in [-0.1, -0.05) is 31.2 Å². The molecule has 1 aliphatic heterocycles. The highest BCUT2D eigenvalue weighted by Gasteiger charge is 2.14. The average molecular weight is 262 g/mol. The van der Waals surface area contributed by atoms with Gasteiger partial charge in [-0.15, -0.1) is 0 Å². The highest BCUT2D eigenvalue weighted by molar-refractivity contribution is 5.71. The number of nitrogens with zero attached hydrogens (tertiary/aromatic N) is 1. The van der Waals surface area contributed by atoms with E-state index in [1.807, 2.05) is 12.1 Å². The van der Waals surface area contributed by atoms with Gasteiger partial charge >= 0.3 is 5.97 Å². The lowest BCUT2D eigenvalue weighted by Crippen LogP contribution is -2.45. The second kappa shape index (κ2) is 7.26. The molecule has 2 rings (SSSR count). The van der Waals surface area contributed by atoms with Gasteiger partial charge in [-0.3, -0.25) is 9.69 Å². The molecule has 4 nitrogen and oxygen atoms in total. The number of carbonyl (C=O) groups excluding carboxylic acids is 1. The summed E-state index contributed by atoms with van der Waals surface area (Å²) in [5.41, 5.74) is 2.35. The van der Waals surface area contributed by atoms with Crippen LogP contribution in [0.2, 0.25) is 0 Å². The zero-order valence-corrected chi connectivity index (χ0v) is 11.5. The number of carbonyl (C=O) groups is 1. The highest BCUT2D eigenvalue weighted by Crippen LogP contribution is 2.06. The van der Waals surface area contributed by atoms with Gasteiger partial charge in [0.15, 0.2) is 0 Å². The van der Waals surface area contributed by atoms with Crippen LogP contribution in [0.15, 0.2) is 24.3 Å². The Morgan fingerprint density at radius 3 is 2.47 bits per heavy atom. The molecule has 1 aromatic rings. The fraction of sp³-hybridized carbons (Fsp3) is 0.533. The Morgan fingerprint density at radius 2 is 1.84 bits per heavy atom. The van der Waals surface area contributed by atoms with Crippen molar-refractivity contribution in [1.29, 1.82) is 0 Å². The third-order valence-corrected chi connectivity index (χ3v) is 3.39. The van der Waals surface area contributed by atoms with Crippen molar-refractivity contribution >= 4 is 5.97 Å². The molecule has 4 heteroatoms. The van der Waals surface area contributed by atoms with Crippen molar-refractivity contribution in [1.82, 2.24) is 10.2 Å². The first-order valence-electron chi connectivity index (χ1n) is 6.94. The molecule has 1 heterocycles. The lowest BCUT2D eigenvalue weighted by atomic mass is 10.1. The third kappa shape index (κ3) is 4.65. The van der Waals surface area contributed by atoms with E-state index < -0.39 is 0 Å². The van der Waals surface area contributed by atoms with Crippen molar-refractivity contribution in [2.45, 2.75) is 20.0 Å². The molecule has 0 aromatic heterocycles. The summed E-state index contributed by atoms with van der Waals surface area (Å²) >= 11 is 0. The number of hydrogen-bond donors (Lipinski definition) is 1. The largest absolute Gasteiger partial charge is 0.460 e. The minimum absolute atomic E-state index is 0.138. The van der Waals surface area contributed by atoms with E-state index in [-0.39, 0.29) is 5.97 Å². The first kappa shape index (κ1) is 14.0. The fourth-order valence-corrected chi connectivity index (χ4v) is 2.13. The van der Waals surface area contributed by atoms with E-state index in [1.54, 1.807) is 0 Å². The number of nitrogens with one attached hydrogen (secondary N) is 1. The molecule has 104 valence electrons. The molecule has 1 aromatic carbocycles. The Labute approximate surface area is 114 Å². The third-order valence-electron chi connectivity index (χ3n) is 3.39. The molecular weight excluding hydrogens is 240 g/mol. The van der Waals surface area contributed by atoms with Crippen LogP contribution in [0.1, 0.15) is 18.1 Å². The van der Waals surface area contributed by atoms with Crippen molar-refractivity contribution < 1.29 is 9.53 Å². The summed E-state index contributed by atoms with van der Waals surface area (Å²) in [7, 11) is 0. The van der Waals surface area contributed by atoms with E-state index in [9.17, 15) is 4.79 Å². The summed E-state index contributed by atoms with van der Waals surface area (Å²) in [5, 5.41) is 3.26. The first-order valence-corrected chi connectivity index (χ1v) is 6.94. The summed E-state index contributed by atoms with van der Waals surface area (Å²) in [6.07, 6.45) is 1.03. The van der Waals surface area contributed by atoms with Crippen molar-refractivity contribution in [2.24, 2.45) is 0 Å². The van der Waals surface area contributed by atoms with E-state index in [0.29, 0.717) is 13.2 Å². The number of aryl methyl sites for hydroxylation is 1. The van der Waals surface area contributed by atoms with E-state index in [4.69, 9.17) is 4.74 Å². The molecule has 0 spiro atoms. The maximum Gasteiger partial charge on any atom is 0.320 e. The monoisotopic (exact) mass is 262 g/mol. The molecule has 1 N–H and O–H groups in total. The Hall–Kier alpha value is -1.39. The maximum atomic E-state index is 11.7. The molecule has 0 radical (unpaired) electrons. The molecule has 1 aliphatic rings. The topological polar surface area (TPSA) is 41.6 Å². The Kier molecular flexibility index (Phi) is 5.36. The minimum atomic E-state index is -0.138. The summed E-state index contributed by atoms with van der Waals surface area (Å²) < 4.78 is 5.30. The number of rotatable bonds is 5. The molecule has 0 bridgehead atoms. The molecule has 1 saturated heterocycles. The van der Waals surface area contributed by atoms with Crippen molar-refractivity contribution in [3.05, 3.63) is 35.4 Å². The summed E-state index contributed by atoms with van der Waals surface area (Å²) in [5.74, 6) is -0.138. The number of esters is 1. The number of ether oxygens (including phenoxy) is 1. The second-order valence-corrected chi connectivity index (χ2v) is 4.86. The summed E-state index contributed by atoms with van der Waals surface area (Å²) in [6.45, 7) is 6.63. The van der Waals surface area contributed by atoms with Crippen LogP contribution in [-0.4, -0.2) is 43.6 Å². The minimum Gasteiger partial charge on any atom is -0.460 e. The summed E-state index contributed by atoms with van der Waals surface area (Å²) in [4.78, 5) is 13.8. The zero-order valence-electron chi connectivity index (χ0n) is 11.5. The van der Waals surface area contributed by atoms with E-state index in [0.717, 1.165) is 38.2 Å². The first-order chi connectivity index (χ1) is 9.28. The summed E-state index contributed by atoms with van der Waals surface area (Å²) in [6, 6.07) is 8.22. The Balaban J connectivity index is 1.72. The normalized spacial score (nSPS) is 16.3. The van der Waals surface area contributed by atoms with Crippen molar-refractivity contribution in [3.63, 3.8) is 0 Å². The molecule has 0 amide bonds. The standard InChI is InChI=1S/C15H22N2O2/c1-2-13-3-5-14(6-4-13)12-19-15(18)11-17-9-7-16-8-10-17/h3-6,16H,2,7-12H2,1H3. The van der Waals surface area contributed by atoms with Gasteiger partial charge in [0.1, 0.15) is 6.61 Å². The van der Waals surface area contributed by atoms with Crippen LogP contribution in [0.3, 0.4) is 0 Å². The maximum absolute atomic E-state index is 11.7. The zero-order chi connectivity index (χ0) is 13.5. The van der Waals surface area contributed by atoms with E-state index >= 15 is 0 Å². The van der Waals surface area contributed by atoms with Crippen molar-refractivity contribution in [3.8, 4) is 0 Å². The van der Waals surface area contributed by atoms with Gasteiger partial charge < -0.3 is 10.1 Å². The molecule has 0 saturated carbocycles. The highest BCUT2D eigenvalue weighted by atomic mass is 16.5. The van der Waals surface area contributed by atoms with Crippen LogP contribution in [0.4, 0.5) is 0 Å². The molecule has 0 unspecified atom stereocenters. The van der Waals surface area contributed by atoms with Crippen LogP contribution in [-0.2, 0) is 22.6 Å². The van der Waals surface area contributed by atoms with E-state index in [2.05, 4.69) is 29.3 Å². The molecule has 0 atom stereocenters. The lowest BCUT2D eigenvalue weighted by Gasteiger charge is -2.25. The van der Waals surface area contributed by atoms with Crippen LogP contribution in [0.5, 0.6) is 0 Å². The predicted octanol–water partition coefficient (Wildman–Crippen LogP) is 1.20. The van der Waals surface area contributed by atoms with Gasteiger partial charge in [0.05, 0.1) is 6.54 Å². The molecule has 19 heavy (non-hydrogen) atoms. The molecule has 0 aliphatic carbocycles. The molecular formula is C15H22N2O2. The van der Waals surface area contributed by atoms with Crippen LogP contribution >= 0.6 is 0 Å². The Bertz CT molecular complexity index is 397. The smallest absolute Gasteiger partial charge is 0.320 e. The molecule has 1 fully saturated rings. The van der Waals surface area contributed by atoms with Gasteiger partial charge in [-0.2, -0.15) is 0 Å². The lowest BCUT2D eigenvalue weighted by molar-refractivity contribution is -0.146. The van der Waals surface area contributed by atoms with Gasteiger partial charge in [0, 0.05) is 26.2 Å². The van der Waals surface area contributed by atoms with Gasteiger partial charge in [0.2, 0.25) is 0 Å². The van der Waals surface area contributed by atoms with E-state index in [1.165, 1.54) is 5.56 Å².